The average molecular weight is 437 g/mol. The minimum absolute atomic E-state index is 0.341. The zero-order valence-electron chi connectivity index (χ0n) is 25.1. The van der Waals surface area contributed by atoms with Crippen LogP contribution in [0.4, 0.5) is 0 Å². The minimum atomic E-state index is 0.341. The summed E-state index contributed by atoms with van der Waals surface area (Å²) in [6.45, 7) is 42.4. The van der Waals surface area contributed by atoms with Crippen molar-refractivity contribution in [3.63, 3.8) is 0 Å². The maximum Gasteiger partial charge on any atom is -0.0275 e. The van der Waals surface area contributed by atoms with Gasteiger partial charge in [-0.25, -0.2) is 0 Å². The van der Waals surface area contributed by atoms with Crippen LogP contribution < -0.4 is 0 Å². The lowest BCUT2D eigenvalue weighted by atomic mass is 9.55. The second-order valence-electron chi connectivity index (χ2n) is 13.7. The van der Waals surface area contributed by atoms with Crippen molar-refractivity contribution < 1.29 is 0 Å². The summed E-state index contributed by atoms with van der Waals surface area (Å²) in [4.78, 5) is 0. The van der Waals surface area contributed by atoms with Crippen LogP contribution in [0.5, 0.6) is 0 Å². The Morgan fingerprint density at radius 1 is 0.419 bits per heavy atom. The van der Waals surface area contributed by atoms with Gasteiger partial charge in [-0.1, -0.05) is 124 Å². The summed E-state index contributed by atoms with van der Waals surface area (Å²) in [6, 6.07) is 0. The molecule has 0 heteroatoms. The molecule has 0 aromatic rings. The first kappa shape index (κ1) is 31.0. The van der Waals surface area contributed by atoms with Crippen molar-refractivity contribution >= 4 is 0 Å². The van der Waals surface area contributed by atoms with E-state index >= 15 is 0 Å². The molecule has 0 amide bonds. The Hall–Kier alpha value is 0. The van der Waals surface area contributed by atoms with Gasteiger partial charge in [0.1, 0.15) is 0 Å². The van der Waals surface area contributed by atoms with Gasteiger partial charge >= 0.3 is 0 Å². The monoisotopic (exact) mass is 437 g/mol. The molecule has 0 nitrogen and oxygen atoms in total. The molecule has 0 saturated heterocycles. The van der Waals surface area contributed by atoms with Crippen LogP contribution in [0.1, 0.15) is 124 Å². The van der Waals surface area contributed by atoms with E-state index in [4.69, 9.17) is 0 Å². The average Bonchev–Trinajstić information content (AvgIpc) is 2.73. The Labute approximate surface area is 200 Å². The lowest BCUT2D eigenvalue weighted by Crippen LogP contribution is -2.43. The van der Waals surface area contributed by atoms with Crippen LogP contribution in [0, 0.1) is 75.9 Å². The van der Waals surface area contributed by atoms with Crippen LogP contribution in [0.3, 0.4) is 0 Å². The molecule has 0 aromatic carbocycles. The van der Waals surface area contributed by atoms with E-state index in [1.165, 1.54) is 6.42 Å². The van der Waals surface area contributed by atoms with Crippen LogP contribution in [0.25, 0.3) is 0 Å². The highest BCUT2D eigenvalue weighted by Gasteiger charge is 2.44. The SMILES string of the molecule is CCC(C)(C)C(C)(C)[C@H](C)[C@@H](C)[C@H](C)[C@@H](C)[C@H](C)[C@@H](C)[C@H](C)[C@@H](C)[C@H](C)[C@@H](C)C(C)C. The quantitative estimate of drug-likeness (QED) is 0.269. The maximum absolute atomic E-state index is 2.55. The van der Waals surface area contributed by atoms with Crippen molar-refractivity contribution in [1.82, 2.24) is 0 Å². The van der Waals surface area contributed by atoms with E-state index in [1.807, 2.05) is 0 Å². The Bertz CT molecular complexity index is 498. The molecule has 0 N–H and O–H groups in total. The third-order valence-corrected chi connectivity index (χ3v) is 12.2. The molecule has 0 saturated carbocycles. The van der Waals surface area contributed by atoms with Crippen molar-refractivity contribution in [3.8, 4) is 0 Å². The first-order valence-corrected chi connectivity index (χ1v) is 13.9. The standard InChI is InChI=1S/C31H64/c1-18-30(14,15)31(16,17)29(13)28(12)27(11)26(10)25(9)24(8)23(7)22(6)21(5)20(4)19(2)3/h19-29H,18H2,1-17H3/t20-,21+,22-,23+,24-,25+,26-,27+,28-,29+/m0/s1. The van der Waals surface area contributed by atoms with E-state index in [2.05, 4.69) is 118 Å². The molecule has 0 aliphatic carbocycles. The number of rotatable bonds is 13. The van der Waals surface area contributed by atoms with Crippen LogP contribution in [-0.4, -0.2) is 0 Å². The lowest BCUT2D eigenvalue weighted by molar-refractivity contribution is -0.0111. The first-order chi connectivity index (χ1) is 13.9. The molecular formula is C31H64. The molecule has 31 heavy (non-hydrogen) atoms. The molecule has 0 fully saturated rings. The van der Waals surface area contributed by atoms with Crippen LogP contribution in [0.15, 0.2) is 0 Å². The second kappa shape index (κ2) is 11.9. The fraction of sp³-hybridized carbons (Fsp3) is 1.00. The smallest absolute Gasteiger partial charge is 0.0275 e. The molecule has 0 rings (SSSR count). The summed E-state index contributed by atoms with van der Waals surface area (Å²) >= 11 is 0. The molecule has 188 valence electrons. The maximum atomic E-state index is 2.55. The third kappa shape index (κ3) is 6.99. The van der Waals surface area contributed by atoms with Crippen LogP contribution in [-0.2, 0) is 0 Å². The van der Waals surface area contributed by atoms with Gasteiger partial charge in [-0.3, -0.25) is 0 Å². The summed E-state index contributed by atoms with van der Waals surface area (Å²) < 4.78 is 0. The summed E-state index contributed by atoms with van der Waals surface area (Å²) in [5.74, 6) is 8.35. The van der Waals surface area contributed by atoms with Crippen molar-refractivity contribution in [2.45, 2.75) is 124 Å². The Balaban J connectivity index is 5.37. The highest BCUT2D eigenvalue weighted by molar-refractivity contribution is 4.93. The summed E-state index contributed by atoms with van der Waals surface area (Å²) in [7, 11) is 0. The van der Waals surface area contributed by atoms with Gasteiger partial charge in [-0.2, -0.15) is 0 Å². The van der Waals surface area contributed by atoms with E-state index in [9.17, 15) is 0 Å². The van der Waals surface area contributed by atoms with E-state index in [1.54, 1.807) is 0 Å². The first-order valence-electron chi connectivity index (χ1n) is 13.9. The zero-order valence-corrected chi connectivity index (χ0v) is 25.1. The summed E-state index contributed by atoms with van der Waals surface area (Å²) in [5.41, 5.74) is 0.712. The summed E-state index contributed by atoms with van der Waals surface area (Å²) in [5, 5.41) is 0. The molecule has 0 bridgehead atoms. The van der Waals surface area contributed by atoms with Crippen LogP contribution >= 0.6 is 0 Å². The number of hydrogen-bond acceptors (Lipinski definition) is 0. The topological polar surface area (TPSA) is 0 Å². The lowest BCUT2D eigenvalue weighted by Gasteiger charge is -2.50. The minimum Gasteiger partial charge on any atom is -0.0649 e. The zero-order chi connectivity index (χ0) is 25.1. The number of hydrogen-bond donors (Lipinski definition) is 0. The molecule has 0 spiro atoms. The van der Waals surface area contributed by atoms with Gasteiger partial charge in [0, 0.05) is 0 Å². The fourth-order valence-electron chi connectivity index (χ4n) is 6.14. The Morgan fingerprint density at radius 2 is 0.677 bits per heavy atom. The molecule has 0 aliphatic rings. The normalized spacial score (nSPS) is 23.4. The third-order valence-electron chi connectivity index (χ3n) is 12.2. The van der Waals surface area contributed by atoms with Gasteiger partial charge in [-0.15, -0.1) is 0 Å². The molecular weight excluding hydrogens is 372 g/mol. The van der Waals surface area contributed by atoms with Gasteiger partial charge in [-0.05, 0) is 75.9 Å². The van der Waals surface area contributed by atoms with Crippen LogP contribution in [0.2, 0.25) is 0 Å². The van der Waals surface area contributed by atoms with Gasteiger partial charge in [0.2, 0.25) is 0 Å². The van der Waals surface area contributed by atoms with E-state index < -0.39 is 0 Å². The van der Waals surface area contributed by atoms with E-state index in [0.717, 1.165) is 59.2 Å². The van der Waals surface area contributed by atoms with Gasteiger partial charge in [0.05, 0.1) is 0 Å². The molecule has 0 aromatic heterocycles. The van der Waals surface area contributed by atoms with E-state index in [-0.39, 0.29) is 0 Å². The highest BCUT2D eigenvalue weighted by Crippen LogP contribution is 2.51. The Kier molecular flexibility index (Phi) is 11.9. The fourth-order valence-corrected chi connectivity index (χ4v) is 6.14. The summed E-state index contributed by atoms with van der Waals surface area (Å²) in [6.07, 6.45) is 1.25. The molecule has 0 aliphatic heterocycles. The van der Waals surface area contributed by atoms with Crippen molar-refractivity contribution in [2.75, 3.05) is 0 Å². The van der Waals surface area contributed by atoms with Crippen molar-refractivity contribution in [3.05, 3.63) is 0 Å². The highest BCUT2D eigenvalue weighted by atomic mass is 14.5. The van der Waals surface area contributed by atoms with Crippen molar-refractivity contribution in [2.24, 2.45) is 75.9 Å². The molecule has 0 heterocycles. The van der Waals surface area contributed by atoms with Crippen molar-refractivity contribution in [1.29, 1.82) is 0 Å². The molecule has 0 unspecified atom stereocenters. The van der Waals surface area contributed by atoms with Gasteiger partial charge in [0.15, 0.2) is 0 Å². The predicted molar refractivity (Wildman–Crippen MR) is 144 cm³/mol. The second-order valence-corrected chi connectivity index (χ2v) is 13.7. The van der Waals surface area contributed by atoms with Gasteiger partial charge in [0.25, 0.3) is 0 Å². The molecule has 10 atom stereocenters. The van der Waals surface area contributed by atoms with E-state index in [0.29, 0.717) is 16.7 Å². The molecule has 0 radical (unpaired) electrons. The predicted octanol–water partition coefficient (Wildman–Crippen LogP) is 10.5. The Morgan fingerprint density at radius 3 is 0.935 bits per heavy atom. The largest absolute Gasteiger partial charge is 0.0649 e. The van der Waals surface area contributed by atoms with Gasteiger partial charge < -0.3 is 0 Å².